The van der Waals surface area contributed by atoms with Crippen LogP contribution in [0, 0.1) is 0 Å². The fourth-order valence-electron chi connectivity index (χ4n) is 1.42. The van der Waals surface area contributed by atoms with Crippen LogP contribution in [0.2, 0.25) is 5.02 Å². The van der Waals surface area contributed by atoms with Crippen molar-refractivity contribution in [2.75, 3.05) is 5.32 Å². The minimum atomic E-state index is -0.0464. The number of unbranched alkanes of at least 4 members (excludes halogenated alkanes) is 2. The van der Waals surface area contributed by atoms with E-state index in [-0.39, 0.29) is 5.91 Å². The standard InChI is InChI=1S/C13H17ClN2OS/c1-2-3-4-5-12(17)16-13(18)15-11-8-6-10(14)7-9-11/h6-9H,2-5H2,1H3,(H2,15,16,17,18). The summed E-state index contributed by atoms with van der Waals surface area (Å²) in [6.07, 6.45) is 3.56. The number of hydrogen-bond donors (Lipinski definition) is 2. The summed E-state index contributed by atoms with van der Waals surface area (Å²) >= 11 is 10.8. The number of carbonyl (C=O) groups excluding carboxylic acids is 1. The predicted molar refractivity (Wildman–Crippen MR) is 80.0 cm³/mol. The lowest BCUT2D eigenvalue weighted by Gasteiger charge is -2.09. The van der Waals surface area contributed by atoms with Crippen LogP contribution in [-0.4, -0.2) is 11.0 Å². The second kappa shape index (κ2) is 8.06. The monoisotopic (exact) mass is 284 g/mol. The molecule has 0 aliphatic heterocycles. The van der Waals surface area contributed by atoms with Gasteiger partial charge < -0.3 is 10.6 Å². The number of amides is 1. The third-order valence-electron chi connectivity index (χ3n) is 2.36. The molecule has 5 heteroatoms. The number of carbonyl (C=O) groups is 1. The van der Waals surface area contributed by atoms with Crippen molar-refractivity contribution in [2.24, 2.45) is 0 Å². The van der Waals surface area contributed by atoms with Crippen LogP contribution in [0.25, 0.3) is 0 Å². The highest BCUT2D eigenvalue weighted by Crippen LogP contribution is 2.13. The van der Waals surface area contributed by atoms with Gasteiger partial charge in [0.15, 0.2) is 5.11 Å². The molecule has 0 radical (unpaired) electrons. The first-order valence-corrected chi connectivity index (χ1v) is 6.77. The molecule has 1 rings (SSSR count). The maximum absolute atomic E-state index is 11.5. The molecule has 0 fully saturated rings. The summed E-state index contributed by atoms with van der Waals surface area (Å²) in [5.41, 5.74) is 0.804. The molecule has 0 saturated heterocycles. The van der Waals surface area contributed by atoms with Crippen molar-refractivity contribution >= 4 is 40.5 Å². The predicted octanol–water partition coefficient (Wildman–Crippen LogP) is 3.73. The van der Waals surface area contributed by atoms with E-state index in [1.165, 1.54) is 0 Å². The number of halogens is 1. The van der Waals surface area contributed by atoms with Crippen LogP contribution in [0.3, 0.4) is 0 Å². The fourth-order valence-corrected chi connectivity index (χ4v) is 1.78. The van der Waals surface area contributed by atoms with Gasteiger partial charge in [-0.25, -0.2) is 0 Å². The van der Waals surface area contributed by atoms with Gasteiger partial charge in [-0.2, -0.15) is 0 Å². The van der Waals surface area contributed by atoms with Crippen LogP contribution in [0.5, 0.6) is 0 Å². The number of hydrogen-bond acceptors (Lipinski definition) is 2. The van der Waals surface area contributed by atoms with Gasteiger partial charge in [0.2, 0.25) is 5.91 Å². The van der Waals surface area contributed by atoms with Crippen molar-refractivity contribution in [3.8, 4) is 0 Å². The highest BCUT2D eigenvalue weighted by Gasteiger charge is 2.04. The zero-order chi connectivity index (χ0) is 13.4. The molecule has 0 unspecified atom stereocenters. The Bertz CT molecular complexity index is 406. The van der Waals surface area contributed by atoms with Crippen LogP contribution >= 0.6 is 23.8 Å². The quantitative estimate of drug-likeness (QED) is 0.639. The molecule has 0 spiro atoms. The second-order valence-electron chi connectivity index (χ2n) is 3.97. The Balaban J connectivity index is 2.32. The molecule has 1 aromatic carbocycles. The fraction of sp³-hybridized carbons (Fsp3) is 0.385. The normalized spacial score (nSPS) is 9.89. The summed E-state index contributed by atoms with van der Waals surface area (Å²) in [5, 5.41) is 6.56. The van der Waals surface area contributed by atoms with Gasteiger partial charge in [-0.1, -0.05) is 31.4 Å². The SMILES string of the molecule is CCCCCC(=O)NC(=S)Nc1ccc(Cl)cc1. The van der Waals surface area contributed by atoms with E-state index in [1.54, 1.807) is 24.3 Å². The second-order valence-corrected chi connectivity index (χ2v) is 4.81. The molecule has 0 aliphatic rings. The van der Waals surface area contributed by atoms with Crippen molar-refractivity contribution in [3.05, 3.63) is 29.3 Å². The summed E-state index contributed by atoms with van der Waals surface area (Å²) in [6, 6.07) is 7.13. The lowest BCUT2D eigenvalue weighted by atomic mass is 10.2. The highest BCUT2D eigenvalue weighted by atomic mass is 35.5. The molecular formula is C13H17ClN2OS. The Morgan fingerprint density at radius 3 is 2.56 bits per heavy atom. The molecule has 98 valence electrons. The zero-order valence-corrected chi connectivity index (χ0v) is 11.9. The molecule has 3 nitrogen and oxygen atoms in total. The molecular weight excluding hydrogens is 268 g/mol. The molecule has 0 aromatic heterocycles. The van der Waals surface area contributed by atoms with E-state index in [2.05, 4.69) is 17.6 Å². The van der Waals surface area contributed by atoms with Gasteiger partial charge in [-0.3, -0.25) is 4.79 Å². The van der Waals surface area contributed by atoms with Crippen molar-refractivity contribution in [1.29, 1.82) is 0 Å². The summed E-state index contributed by atoms with van der Waals surface area (Å²) in [6.45, 7) is 2.10. The first kappa shape index (κ1) is 14.9. The lowest BCUT2D eigenvalue weighted by molar-refractivity contribution is -0.119. The maximum atomic E-state index is 11.5. The topological polar surface area (TPSA) is 41.1 Å². The van der Waals surface area contributed by atoms with Gasteiger partial charge in [-0.05, 0) is 42.9 Å². The Morgan fingerprint density at radius 2 is 1.94 bits per heavy atom. The van der Waals surface area contributed by atoms with Crippen LogP contribution in [0.1, 0.15) is 32.6 Å². The van der Waals surface area contributed by atoms with Gasteiger partial charge >= 0.3 is 0 Å². The summed E-state index contributed by atoms with van der Waals surface area (Å²) in [7, 11) is 0. The smallest absolute Gasteiger partial charge is 0.226 e. The lowest BCUT2D eigenvalue weighted by Crippen LogP contribution is -2.33. The van der Waals surface area contributed by atoms with Crippen molar-refractivity contribution in [1.82, 2.24) is 5.32 Å². The third kappa shape index (κ3) is 5.98. The Morgan fingerprint density at radius 1 is 1.28 bits per heavy atom. The Labute approximate surface area is 118 Å². The van der Waals surface area contributed by atoms with Crippen LogP contribution in [-0.2, 0) is 4.79 Å². The van der Waals surface area contributed by atoms with E-state index in [0.29, 0.717) is 16.6 Å². The largest absolute Gasteiger partial charge is 0.332 e. The van der Waals surface area contributed by atoms with Gasteiger partial charge in [0.1, 0.15) is 0 Å². The molecule has 0 saturated carbocycles. The average molecular weight is 285 g/mol. The number of nitrogens with one attached hydrogen (secondary N) is 2. The first-order chi connectivity index (χ1) is 8.61. The van der Waals surface area contributed by atoms with Gasteiger partial charge in [0, 0.05) is 17.1 Å². The van der Waals surface area contributed by atoms with E-state index in [4.69, 9.17) is 23.8 Å². The molecule has 1 amide bonds. The minimum absolute atomic E-state index is 0.0464. The van der Waals surface area contributed by atoms with E-state index < -0.39 is 0 Å². The Hall–Kier alpha value is -1.13. The molecule has 0 aliphatic carbocycles. The van der Waals surface area contributed by atoms with Crippen molar-refractivity contribution < 1.29 is 4.79 Å². The number of anilines is 1. The van der Waals surface area contributed by atoms with E-state index >= 15 is 0 Å². The zero-order valence-electron chi connectivity index (χ0n) is 10.3. The molecule has 1 aromatic rings. The van der Waals surface area contributed by atoms with E-state index in [1.807, 2.05) is 0 Å². The Kier molecular flexibility index (Phi) is 6.68. The number of thiocarbonyl (C=S) groups is 1. The third-order valence-corrected chi connectivity index (χ3v) is 2.82. The van der Waals surface area contributed by atoms with Gasteiger partial charge in [0.25, 0.3) is 0 Å². The first-order valence-electron chi connectivity index (χ1n) is 5.98. The average Bonchev–Trinajstić information content (AvgIpc) is 2.32. The summed E-state index contributed by atoms with van der Waals surface area (Å²) < 4.78 is 0. The molecule has 2 N–H and O–H groups in total. The summed E-state index contributed by atoms with van der Waals surface area (Å²) in [4.78, 5) is 11.5. The summed E-state index contributed by atoms with van der Waals surface area (Å²) in [5.74, 6) is -0.0464. The van der Waals surface area contributed by atoms with E-state index in [0.717, 1.165) is 24.9 Å². The molecule has 0 heterocycles. The van der Waals surface area contributed by atoms with Crippen LogP contribution < -0.4 is 10.6 Å². The van der Waals surface area contributed by atoms with Crippen LogP contribution in [0.4, 0.5) is 5.69 Å². The molecule has 0 bridgehead atoms. The van der Waals surface area contributed by atoms with Gasteiger partial charge in [0.05, 0.1) is 0 Å². The number of benzene rings is 1. The minimum Gasteiger partial charge on any atom is -0.332 e. The van der Waals surface area contributed by atoms with Crippen molar-refractivity contribution in [3.63, 3.8) is 0 Å². The number of rotatable bonds is 5. The van der Waals surface area contributed by atoms with Crippen LogP contribution in [0.15, 0.2) is 24.3 Å². The van der Waals surface area contributed by atoms with Gasteiger partial charge in [-0.15, -0.1) is 0 Å². The van der Waals surface area contributed by atoms with Crippen molar-refractivity contribution in [2.45, 2.75) is 32.6 Å². The maximum Gasteiger partial charge on any atom is 0.226 e. The highest BCUT2D eigenvalue weighted by molar-refractivity contribution is 7.80. The van der Waals surface area contributed by atoms with E-state index in [9.17, 15) is 4.79 Å². The molecule has 0 atom stereocenters. The molecule has 18 heavy (non-hydrogen) atoms.